The van der Waals surface area contributed by atoms with Crippen LogP contribution >= 0.6 is 0 Å². The van der Waals surface area contributed by atoms with Crippen LogP contribution in [0.1, 0.15) is 68.0 Å². The first-order valence-electron chi connectivity index (χ1n) is 13.4. The fourth-order valence-corrected chi connectivity index (χ4v) is 5.91. The van der Waals surface area contributed by atoms with Gasteiger partial charge in [0.15, 0.2) is 0 Å². The molecule has 0 atom stereocenters. The smallest absolute Gasteiger partial charge is 0.309 e. The maximum atomic E-state index is 13.5. The zero-order valence-corrected chi connectivity index (χ0v) is 22.6. The maximum absolute atomic E-state index is 13.5. The number of aliphatic carboxylic acids is 1. The van der Waals surface area contributed by atoms with Crippen molar-refractivity contribution in [2.75, 3.05) is 7.05 Å². The number of carbonyl (C=O) groups is 2. The predicted octanol–water partition coefficient (Wildman–Crippen LogP) is 4.80. The van der Waals surface area contributed by atoms with Gasteiger partial charge in [-0.05, 0) is 56.7 Å². The van der Waals surface area contributed by atoms with Crippen molar-refractivity contribution in [3.63, 3.8) is 0 Å². The molecule has 0 spiro atoms. The van der Waals surface area contributed by atoms with E-state index >= 15 is 0 Å². The van der Waals surface area contributed by atoms with Crippen molar-refractivity contribution < 1.29 is 28.2 Å². The largest absolute Gasteiger partial charge is 0.487 e. The lowest BCUT2D eigenvalue weighted by Crippen LogP contribution is -2.52. The normalized spacial score (nSPS) is 22.2. The molecule has 1 N–H and O–H groups in total. The van der Waals surface area contributed by atoms with Gasteiger partial charge in [-0.2, -0.15) is 0 Å². The van der Waals surface area contributed by atoms with Gasteiger partial charge in [-0.25, -0.2) is 13.5 Å². The lowest BCUT2D eigenvalue weighted by atomic mass is 9.53. The van der Waals surface area contributed by atoms with Gasteiger partial charge in [0.05, 0.1) is 23.9 Å². The second-order valence-electron chi connectivity index (χ2n) is 11.3. The summed E-state index contributed by atoms with van der Waals surface area (Å²) in [5.41, 5.74) is 0.732. The molecule has 1 aromatic carbocycles. The molecule has 3 fully saturated rings. The maximum Gasteiger partial charge on any atom is 0.309 e. The number of benzene rings is 1. The Bertz CT molecular complexity index is 1360. The van der Waals surface area contributed by atoms with Crippen LogP contribution in [0.15, 0.2) is 48.8 Å². The van der Waals surface area contributed by atoms with Gasteiger partial charge in [0.1, 0.15) is 18.1 Å². The summed E-state index contributed by atoms with van der Waals surface area (Å²) in [7, 11) is 1.79. The van der Waals surface area contributed by atoms with Crippen LogP contribution in [0, 0.1) is 10.8 Å². The second-order valence-corrected chi connectivity index (χ2v) is 11.3. The number of hydrogen-bond donors (Lipinski definition) is 1. The molecule has 0 radical (unpaired) electrons. The molecule has 1 amide bonds. The first-order valence-corrected chi connectivity index (χ1v) is 13.4. The average Bonchev–Trinajstić information content (AvgIpc) is 3.40. The molecule has 2 bridgehead atoms. The van der Waals surface area contributed by atoms with E-state index in [0.29, 0.717) is 62.2 Å². The number of carbonyl (C=O) groups excluding carboxylic acids is 1. The van der Waals surface area contributed by atoms with Gasteiger partial charge in [-0.15, -0.1) is 5.10 Å². The summed E-state index contributed by atoms with van der Waals surface area (Å²) in [5.74, 6) is -2.98. The molecule has 2 heterocycles. The summed E-state index contributed by atoms with van der Waals surface area (Å²) >= 11 is 0. The SMILES string of the molecule is CN(Cc1ccccc1OCc1cn(Cc2ccc(C(C)(F)F)cn2)nn1)C(=O)C12CCC(C(=O)O)(CC1)CC2. The molecule has 6 rings (SSSR count). The van der Waals surface area contributed by atoms with Crippen LogP contribution in [0.3, 0.4) is 0 Å². The third-order valence-electron chi connectivity index (χ3n) is 8.50. The molecule has 3 aliphatic carbocycles. The summed E-state index contributed by atoms with van der Waals surface area (Å²) < 4.78 is 34.4. The Morgan fingerprint density at radius 2 is 1.73 bits per heavy atom. The van der Waals surface area contributed by atoms with E-state index < -0.39 is 22.7 Å². The number of alkyl halides is 2. The van der Waals surface area contributed by atoms with Crippen molar-refractivity contribution in [3.8, 4) is 5.75 Å². The number of carboxylic acid groups (broad SMARTS) is 1. The minimum atomic E-state index is -2.94. The molecular formula is C29H33F2N5O4. The third-order valence-corrected chi connectivity index (χ3v) is 8.50. The lowest BCUT2D eigenvalue weighted by molar-refractivity contribution is -0.167. The zero-order valence-electron chi connectivity index (χ0n) is 22.6. The molecule has 0 unspecified atom stereocenters. The Morgan fingerprint density at radius 1 is 1.05 bits per heavy atom. The van der Waals surface area contributed by atoms with Gasteiger partial charge in [-0.1, -0.05) is 23.4 Å². The predicted molar refractivity (Wildman–Crippen MR) is 140 cm³/mol. The highest BCUT2D eigenvalue weighted by Crippen LogP contribution is 2.57. The number of amides is 1. The second kappa shape index (κ2) is 10.6. The van der Waals surface area contributed by atoms with Crippen LogP contribution in [0.2, 0.25) is 0 Å². The Hall–Kier alpha value is -3.89. The topological polar surface area (TPSA) is 110 Å². The van der Waals surface area contributed by atoms with Gasteiger partial charge in [0.25, 0.3) is 5.92 Å². The number of rotatable bonds is 10. The van der Waals surface area contributed by atoms with E-state index in [9.17, 15) is 23.5 Å². The molecule has 9 nitrogen and oxygen atoms in total. The molecule has 3 saturated carbocycles. The van der Waals surface area contributed by atoms with Crippen LogP contribution in [0.25, 0.3) is 0 Å². The molecule has 0 saturated heterocycles. The average molecular weight is 554 g/mol. The van der Waals surface area contributed by atoms with Gasteiger partial charge >= 0.3 is 5.97 Å². The highest BCUT2D eigenvalue weighted by molar-refractivity contribution is 5.84. The van der Waals surface area contributed by atoms with Crippen LogP contribution in [0.4, 0.5) is 8.78 Å². The fraction of sp³-hybridized carbons (Fsp3) is 0.483. The molecule has 3 aromatic rings. The van der Waals surface area contributed by atoms with Crippen molar-refractivity contribution in [2.45, 2.75) is 71.1 Å². The van der Waals surface area contributed by atoms with Gasteiger partial charge < -0.3 is 14.7 Å². The van der Waals surface area contributed by atoms with E-state index in [-0.39, 0.29) is 24.6 Å². The van der Waals surface area contributed by atoms with Gasteiger partial charge in [0, 0.05) is 43.3 Å². The molecule has 2 aromatic heterocycles. The monoisotopic (exact) mass is 553 g/mol. The van der Waals surface area contributed by atoms with Crippen LogP contribution in [-0.4, -0.2) is 48.9 Å². The first kappa shape index (κ1) is 27.7. The molecule has 0 aliphatic heterocycles. The Labute approximate surface area is 231 Å². The lowest BCUT2D eigenvalue weighted by Gasteiger charge is -2.51. The molecule has 11 heteroatoms. The highest BCUT2D eigenvalue weighted by Gasteiger charge is 2.56. The number of nitrogens with zero attached hydrogens (tertiary/aromatic N) is 5. The number of halogens is 2. The van der Waals surface area contributed by atoms with Gasteiger partial charge in [0.2, 0.25) is 5.91 Å². The number of hydrogen-bond acceptors (Lipinski definition) is 6. The van der Waals surface area contributed by atoms with Crippen LogP contribution in [0.5, 0.6) is 5.75 Å². The van der Waals surface area contributed by atoms with E-state index in [1.807, 2.05) is 24.3 Å². The minimum absolute atomic E-state index is 0.0632. The number of carboxylic acids is 1. The summed E-state index contributed by atoms with van der Waals surface area (Å²) in [6.45, 7) is 1.64. The number of fused-ring (bicyclic) bond motifs is 3. The summed E-state index contributed by atoms with van der Waals surface area (Å²) in [5, 5.41) is 17.9. The fourth-order valence-electron chi connectivity index (χ4n) is 5.91. The summed E-state index contributed by atoms with van der Waals surface area (Å²) in [6.07, 6.45) is 6.38. The standard InChI is InChI=1S/C29H33F2N5O4/c1-27(30,31)21-7-8-22(32-15-21)17-36-18-23(33-34-36)19-40-24-6-4-3-5-20(24)16-35(2)25(37)28-9-12-29(13-10-28,14-11-28)26(38)39/h3-8,15,18H,9-14,16-17,19H2,1-2H3,(H,38,39). The Balaban J connectivity index is 1.18. The quantitative estimate of drug-likeness (QED) is 0.384. The Morgan fingerprint density at radius 3 is 2.35 bits per heavy atom. The van der Waals surface area contributed by atoms with Crippen molar-refractivity contribution in [1.82, 2.24) is 24.9 Å². The van der Waals surface area contributed by atoms with E-state index in [1.54, 1.807) is 28.9 Å². The van der Waals surface area contributed by atoms with Gasteiger partial charge in [-0.3, -0.25) is 14.6 Å². The first-order chi connectivity index (χ1) is 19.0. The van der Waals surface area contributed by atoms with Crippen LogP contribution < -0.4 is 4.74 Å². The van der Waals surface area contributed by atoms with Crippen molar-refractivity contribution >= 4 is 11.9 Å². The summed E-state index contributed by atoms with van der Waals surface area (Å²) in [4.78, 5) is 31.1. The van der Waals surface area contributed by atoms with E-state index in [0.717, 1.165) is 12.5 Å². The molecule has 3 aliphatic rings. The number of ether oxygens (including phenoxy) is 1. The number of pyridine rings is 1. The molecular weight excluding hydrogens is 520 g/mol. The zero-order chi connectivity index (χ0) is 28.5. The van der Waals surface area contributed by atoms with Crippen molar-refractivity contribution in [3.05, 3.63) is 71.3 Å². The molecule has 212 valence electrons. The number of aromatic nitrogens is 4. The Kier molecular flexibility index (Phi) is 7.32. The summed E-state index contributed by atoms with van der Waals surface area (Å²) in [6, 6.07) is 10.4. The van der Waals surface area contributed by atoms with Crippen LogP contribution in [-0.2, 0) is 35.2 Å². The van der Waals surface area contributed by atoms with Crippen molar-refractivity contribution in [2.24, 2.45) is 10.8 Å². The highest BCUT2D eigenvalue weighted by atomic mass is 19.3. The van der Waals surface area contributed by atoms with E-state index in [4.69, 9.17) is 4.74 Å². The minimum Gasteiger partial charge on any atom is -0.487 e. The van der Waals surface area contributed by atoms with Crippen molar-refractivity contribution in [1.29, 1.82) is 0 Å². The third kappa shape index (κ3) is 5.55. The number of para-hydroxylation sites is 1. The van der Waals surface area contributed by atoms with E-state index in [1.165, 1.54) is 12.3 Å². The van der Waals surface area contributed by atoms with E-state index in [2.05, 4.69) is 15.3 Å². The molecule has 40 heavy (non-hydrogen) atoms.